The van der Waals surface area contributed by atoms with Gasteiger partial charge in [0.1, 0.15) is 0 Å². The van der Waals surface area contributed by atoms with Crippen molar-refractivity contribution in [2.75, 3.05) is 0 Å². The molecular formula is C37H23N3. The molecule has 186 valence electrons. The van der Waals surface area contributed by atoms with Crippen molar-refractivity contribution in [3.63, 3.8) is 0 Å². The molecular weight excluding hydrogens is 486 g/mol. The summed E-state index contributed by atoms with van der Waals surface area (Å²) in [5.41, 5.74) is 10.4. The van der Waals surface area contributed by atoms with E-state index in [4.69, 9.17) is 15.0 Å². The fourth-order valence-corrected chi connectivity index (χ4v) is 5.75. The lowest BCUT2D eigenvalue weighted by Gasteiger charge is -2.10. The van der Waals surface area contributed by atoms with Gasteiger partial charge in [-0.2, -0.15) is 0 Å². The molecule has 0 saturated carbocycles. The van der Waals surface area contributed by atoms with Gasteiger partial charge in [0.2, 0.25) is 0 Å². The average Bonchev–Trinajstić information content (AvgIpc) is 3.36. The first kappa shape index (κ1) is 22.6. The predicted molar refractivity (Wildman–Crippen MR) is 164 cm³/mol. The maximum absolute atomic E-state index is 4.92. The van der Waals surface area contributed by atoms with Crippen LogP contribution in [0, 0.1) is 0 Å². The van der Waals surface area contributed by atoms with E-state index in [0.717, 1.165) is 22.3 Å². The van der Waals surface area contributed by atoms with E-state index in [-0.39, 0.29) is 0 Å². The van der Waals surface area contributed by atoms with Crippen molar-refractivity contribution in [2.45, 2.75) is 0 Å². The van der Waals surface area contributed by atoms with Crippen LogP contribution in [0.3, 0.4) is 0 Å². The topological polar surface area (TPSA) is 38.7 Å². The molecule has 1 aromatic heterocycles. The number of nitrogens with zero attached hydrogens (tertiary/aromatic N) is 3. The van der Waals surface area contributed by atoms with Crippen molar-refractivity contribution in [3.8, 4) is 67.5 Å². The normalized spacial score (nSPS) is 11.5. The lowest BCUT2D eigenvalue weighted by molar-refractivity contribution is 1.07. The standard InChI is InChI=1S/C37H23N3/c1-3-10-25(11-4-1)35-38-36(26-12-5-2-6-13-26)40-37(39-35)29-17-7-16-27(22-29)28-20-21-30-31-18-8-14-24-15-9-19-32(34(24)31)33(30)23-28/h1-23H. The molecule has 0 spiro atoms. The van der Waals surface area contributed by atoms with Crippen LogP contribution in [0.2, 0.25) is 0 Å². The molecule has 1 heterocycles. The zero-order valence-electron chi connectivity index (χ0n) is 21.6. The highest BCUT2D eigenvalue weighted by Gasteiger charge is 2.21. The highest BCUT2D eigenvalue weighted by atomic mass is 15.0. The SMILES string of the molecule is c1ccc(-c2nc(-c3ccccc3)nc(-c3cccc(-c4ccc5c(c4)-c4cccc6cccc-5c46)c3)n2)cc1. The van der Waals surface area contributed by atoms with E-state index in [0.29, 0.717) is 17.5 Å². The van der Waals surface area contributed by atoms with Crippen molar-refractivity contribution in [1.29, 1.82) is 0 Å². The second kappa shape index (κ2) is 9.11. The summed E-state index contributed by atoms with van der Waals surface area (Å²) in [5.74, 6) is 1.99. The Bertz CT molecular complexity index is 1980. The van der Waals surface area contributed by atoms with Crippen LogP contribution in [0.5, 0.6) is 0 Å². The summed E-state index contributed by atoms with van der Waals surface area (Å²) in [6.07, 6.45) is 0. The molecule has 1 aliphatic carbocycles. The molecule has 0 atom stereocenters. The largest absolute Gasteiger partial charge is 0.208 e. The third-order valence-corrected chi connectivity index (χ3v) is 7.66. The highest BCUT2D eigenvalue weighted by molar-refractivity contribution is 6.15. The van der Waals surface area contributed by atoms with E-state index >= 15 is 0 Å². The van der Waals surface area contributed by atoms with Gasteiger partial charge in [0.25, 0.3) is 0 Å². The lowest BCUT2D eigenvalue weighted by atomic mass is 9.96. The summed E-state index contributed by atoms with van der Waals surface area (Å²) in [4.78, 5) is 14.7. The molecule has 0 amide bonds. The summed E-state index contributed by atoms with van der Waals surface area (Å²) in [6, 6.07) is 48.6. The van der Waals surface area contributed by atoms with E-state index in [2.05, 4.69) is 78.9 Å². The van der Waals surface area contributed by atoms with Crippen LogP contribution in [0.1, 0.15) is 0 Å². The minimum Gasteiger partial charge on any atom is -0.208 e. The van der Waals surface area contributed by atoms with Crippen molar-refractivity contribution in [3.05, 3.63) is 140 Å². The third-order valence-electron chi connectivity index (χ3n) is 7.66. The molecule has 0 radical (unpaired) electrons. The zero-order chi connectivity index (χ0) is 26.5. The van der Waals surface area contributed by atoms with E-state index in [1.54, 1.807) is 0 Å². The first-order valence-corrected chi connectivity index (χ1v) is 13.5. The molecule has 0 fully saturated rings. The molecule has 0 N–H and O–H groups in total. The summed E-state index contributed by atoms with van der Waals surface area (Å²) >= 11 is 0. The van der Waals surface area contributed by atoms with Gasteiger partial charge in [-0.25, -0.2) is 15.0 Å². The summed E-state index contributed by atoms with van der Waals surface area (Å²) in [7, 11) is 0. The van der Waals surface area contributed by atoms with Crippen molar-refractivity contribution >= 4 is 10.8 Å². The maximum Gasteiger partial charge on any atom is 0.164 e. The Balaban J connectivity index is 1.25. The molecule has 0 aliphatic heterocycles. The Morgan fingerprint density at radius 1 is 0.300 bits per heavy atom. The first-order valence-electron chi connectivity index (χ1n) is 13.5. The predicted octanol–water partition coefficient (Wildman–Crippen LogP) is 9.34. The smallest absolute Gasteiger partial charge is 0.164 e. The average molecular weight is 510 g/mol. The Labute approximate surface area is 232 Å². The zero-order valence-corrected chi connectivity index (χ0v) is 21.6. The molecule has 0 unspecified atom stereocenters. The molecule has 3 heteroatoms. The molecule has 7 aromatic rings. The number of aromatic nitrogens is 3. The fourth-order valence-electron chi connectivity index (χ4n) is 5.75. The monoisotopic (exact) mass is 509 g/mol. The minimum absolute atomic E-state index is 0.660. The summed E-state index contributed by atoms with van der Waals surface area (Å²) in [6.45, 7) is 0. The van der Waals surface area contributed by atoms with Gasteiger partial charge < -0.3 is 0 Å². The fraction of sp³-hybridized carbons (Fsp3) is 0. The maximum atomic E-state index is 4.92. The second-order valence-electron chi connectivity index (χ2n) is 10.1. The first-order chi connectivity index (χ1) is 19.8. The van der Waals surface area contributed by atoms with E-state index < -0.39 is 0 Å². The Morgan fingerprint density at radius 3 is 1.45 bits per heavy atom. The molecule has 0 saturated heterocycles. The van der Waals surface area contributed by atoms with Crippen LogP contribution in [0.4, 0.5) is 0 Å². The van der Waals surface area contributed by atoms with Crippen LogP contribution in [0.15, 0.2) is 140 Å². The van der Waals surface area contributed by atoms with Crippen molar-refractivity contribution in [2.24, 2.45) is 0 Å². The van der Waals surface area contributed by atoms with Gasteiger partial charge in [-0.1, -0.05) is 127 Å². The minimum atomic E-state index is 0.660. The van der Waals surface area contributed by atoms with Gasteiger partial charge in [-0.05, 0) is 56.3 Å². The molecule has 0 bridgehead atoms. The van der Waals surface area contributed by atoms with Crippen LogP contribution in [-0.2, 0) is 0 Å². The van der Waals surface area contributed by atoms with Crippen LogP contribution >= 0.6 is 0 Å². The number of rotatable bonds is 4. The third kappa shape index (κ3) is 3.71. The van der Waals surface area contributed by atoms with Gasteiger partial charge in [0.15, 0.2) is 17.5 Å². The van der Waals surface area contributed by atoms with Gasteiger partial charge in [-0.15, -0.1) is 0 Å². The van der Waals surface area contributed by atoms with Gasteiger partial charge in [0, 0.05) is 16.7 Å². The molecule has 1 aliphatic rings. The molecule has 8 rings (SSSR count). The van der Waals surface area contributed by atoms with Crippen LogP contribution < -0.4 is 0 Å². The van der Waals surface area contributed by atoms with Gasteiger partial charge in [-0.3, -0.25) is 0 Å². The molecule has 6 aromatic carbocycles. The van der Waals surface area contributed by atoms with Crippen LogP contribution in [0.25, 0.3) is 78.3 Å². The molecule has 3 nitrogen and oxygen atoms in total. The number of fused-ring (bicyclic) bond motifs is 3. The van der Waals surface area contributed by atoms with Crippen LogP contribution in [-0.4, -0.2) is 15.0 Å². The number of hydrogen-bond acceptors (Lipinski definition) is 3. The quantitative estimate of drug-likeness (QED) is 0.237. The van der Waals surface area contributed by atoms with Crippen molar-refractivity contribution < 1.29 is 0 Å². The van der Waals surface area contributed by atoms with Crippen molar-refractivity contribution in [1.82, 2.24) is 15.0 Å². The number of benzene rings is 6. The lowest BCUT2D eigenvalue weighted by Crippen LogP contribution is -2.00. The highest BCUT2D eigenvalue weighted by Crippen LogP contribution is 2.48. The van der Waals surface area contributed by atoms with E-state index in [9.17, 15) is 0 Å². The summed E-state index contributed by atoms with van der Waals surface area (Å²) in [5, 5.41) is 2.63. The summed E-state index contributed by atoms with van der Waals surface area (Å²) < 4.78 is 0. The Hall–Kier alpha value is -5.41. The van der Waals surface area contributed by atoms with Gasteiger partial charge in [0.05, 0.1) is 0 Å². The second-order valence-corrected chi connectivity index (χ2v) is 10.1. The Kier molecular flexibility index (Phi) is 5.14. The van der Waals surface area contributed by atoms with E-state index in [1.807, 2.05) is 60.7 Å². The Morgan fingerprint density at radius 2 is 0.800 bits per heavy atom. The number of hydrogen-bond donors (Lipinski definition) is 0. The van der Waals surface area contributed by atoms with Gasteiger partial charge >= 0.3 is 0 Å². The van der Waals surface area contributed by atoms with E-state index in [1.165, 1.54) is 38.6 Å². The molecule has 40 heavy (non-hydrogen) atoms.